The van der Waals surface area contributed by atoms with Gasteiger partial charge in [-0.2, -0.15) is 0 Å². The molecule has 4 aromatic rings. The lowest BCUT2D eigenvalue weighted by atomic mass is 9.89. The molecule has 0 aromatic carbocycles. The van der Waals surface area contributed by atoms with E-state index in [1.807, 2.05) is 51.8 Å². The molecular formula is C50H94N8O. The molecule has 0 fully saturated rings. The number of rotatable bonds is 1. The Kier molecular flexibility index (Phi) is 31.3. The molecule has 9 heteroatoms. The highest BCUT2D eigenvalue weighted by molar-refractivity contribution is 5.15. The smallest absolute Gasteiger partial charge is 0.133 e. The van der Waals surface area contributed by atoms with E-state index >= 15 is 0 Å². The molecule has 0 aliphatic rings. The van der Waals surface area contributed by atoms with Crippen LogP contribution < -0.4 is 0 Å². The van der Waals surface area contributed by atoms with Gasteiger partial charge in [0.1, 0.15) is 11.6 Å². The van der Waals surface area contributed by atoms with Crippen LogP contribution in [0.4, 0.5) is 0 Å². The van der Waals surface area contributed by atoms with E-state index < -0.39 is 0 Å². The lowest BCUT2D eigenvalue weighted by Crippen LogP contribution is -2.15. The Balaban J connectivity index is -0.000000198. The first-order valence-electron chi connectivity index (χ1n) is 19.9. The Morgan fingerprint density at radius 2 is 0.898 bits per heavy atom. The van der Waals surface area contributed by atoms with Crippen LogP contribution >= 0.6 is 0 Å². The van der Waals surface area contributed by atoms with Gasteiger partial charge in [-0.15, -0.1) is 0 Å². The third-order valence-corrected chi connectivity index (χ3v) is 7.62. The standard InChI is InChI=1S/3C9H14N2.C8H12N2.C6H14O.C6H14.3CH4/c1-7-10-5-8(6-11-7)9(2,3)4;1-7-5-11-8(6-10-7)9(2,3)4;1-7-5-10-8(11-6-7)9(2,3)4;1-8(2,3)7-6-9-4-5-10-7;1-6(2,3)5-7-4;1-5-6(2,3)4;;;/h3*5-6H,1-4H3;4-6H,1-3H3;5H2,1-4H3;5H2,1-4H3;3*1H4. The first-order chi connectivity index (χ1) is 25.2. The van der Waals surface area contributed by atoms with Crippen molar-refractivity contribution in [2.75, 3.05) is 13.7 Å². The SMILES string of the molecule is C.C.C.CC(C)(C)c1cnccn1.CCC(C)(C)C.COCC(C)(C)C.Cc1cnc(C(C)(C)C)cn1.Cc1cnc(C(C)(C)C)nc1.Cc1ncc(C(C)(C)C)cn1. The predicted molar refractivity (Wildman–Crippen MR) is 258 cm³/mol. The van der Waals surface area contributed by atoms with Gasteiger partial charge in [-0.05, 0) is 48.1 Å². The Labute approximate surface area is 366 Å². The van der Waals surface area contributed by atoms with Crippen LogP contribution in [0.25, 0.3) is 0 Å². The summed E-state index contributed by atoms with van der Waals surface area (Å²) >= 11 is 0. The Bertz CT molecular complexity index is 1430. The van der Waals surface area contributed by atoms with E-state index in [0.29, 0.717) is 10.8 Å². The largest absolute Gasteiger partial charge is 0.384 e. The zero-order valence-corrected chi connectivity index (χ0v) is 40.1. The highest BCUT2D eigenvalue weighted by Crippen LogP contribution is 2.21. The van der Waals surface area contributed by atoms with Crippen LogP contribution in [-0.2, 0) is 26.4 Å². The third-order valence-electron chi connectivity index (χ3n) is 7.62. The highest BCUT2D eigenvalue weighted by atomic mass is 16.5. The van der Waals surface area contributed by atoms with Crippen LogP contribution in [-0.4, -0.2) is 53.6 Å². The fourth-order valence-electron chi connectivity index (χ4n) is 3.46. The quantitative estimate of drug-likeness (QED) is 0.185. The first kappa shape index (κ1) is 64.4. The van der Waals surface area contributed by atoms with Crippen molar-refractivity contribution in [3.63, 3.8) is 0 Å². The molecule has 9 nitrogen and oxygen atoms in total. The van der Waals surface area contributed by atoms with Crippen LogP contribution in [0.5, 0.6) is 0 Å². The summed E-state index contributed by atoms with van der Waals surface area (Å²) in [6.07, 6.45) is 17.6. The number of aromatic nitrogens is 8. The molecule has 340 valence electrons. The van der Waals surface area contributed by atoms with Crippen molar-refractivity contribution in [1.29, 1.82) is 0 Å². The predicted octanol–water partition coefficient (Wildman–Crippen LogP) is 14.1. The van der Waals surface area contributed by atoms with Gasteiger partial charge in [0.2, 0.25) is 0 Å². The van der Waals surface area contributed by atoms with E-state index in [1.165, 1.54) is 12.0 Å². The van der Waals surface area contributed by atoms with Gasteiger partial charge in [-0.3, -0.25) is 19.9 Å². The number of ether oxygens (including phenoxy) is 1. The molecule has 0 atom stereocenters. The van der Waals surface area contributed by atoms with Crippen LogP contribution in [0, 0.1) is 31.6 Å². The van der Waals surface area contributed by atoms with Gasteiger partial charge in [-0.1, -0.05) is 160 Å². The van der Waals surface area contributed by atoms with Gasteiger partial charge in [-0.25, -0.2) is 19.9 Å². The molecule has 0 radical (unpaired) electrons. The molecule has 0 bridgehead atoms. The zero-order chi connectivity index (χ0) is 44.2. The second-order valence-electron chi connectivity index (χ2n) is 20.6. The second kappa shape index (κ2) is 28.7. The molecule has 4 rings (SSSR count). The summed E-state index contributed by atoms with van der Waals surface area (Å²) in [6.45, 7) is 47.6. The van der Waals surface area contributed by atoms with E-state index in [2.05, 4.69) is 171 Å². The second-order valence-corrected chi connectivity index (χ2v) is 20.6. The van der Waals surface area contributed by atoms with Crippen molar-refractivity contribution < 1.29 is 4.74 Å². The summed E-state index contributed by atoms with van der Waals surface area (Å²) in [5.41, 5.74) is 6.67. The molecule has 0 N–H and O–H groups in total. The number of aryl methyl sites for hydroxylation is 3. The number of hydrogen-bond acceptors (Lipinski definition) is 9. The molecule has 0 spiro atoms. The monoisotopic (exact) mass is 823 g/mol. The third kappa shape index (κ3) is 34.8. The van der Waals surface area contributed by atoms with Gasteiger partial charge in [0.05, 0.1) is 23.7 Å². The van der Waals surface area contributed by atoms with Crippen LogP contribution in [0.1, 0.15) is 200 Å². The maximum atomic E-state index is 4.91. The summed E-state index contributed by atoms with van der Waals surface area (Å²) in [6, 6.07) is 0. The van der Waals surface area contributed by atoms with Crippen molar-refractivity contribution in [3.8, 4) is 0 Å². The van der Waals surface area contributed by atoms with Gasteiger partial charge in [0, 0.05) is 79.1 Å². The normalized spacial score (nSPS) is 11.1. The van der Waals surface area contributed by atoms with Crippen molar-refractivity contribution >= 4 is 0 Å². The van der Waals surface area contributed by atoms with Crippen LogP contribution in [0.2, 0.25) is 0 Å². The average molecular weight is 823 g/mol. The van der Waals surface area contributed by atoms with E-state index in [4.69, 9.17) is 4.74 Å². The summed E-state index contributed by atoms with van der Waals surface area (Å²) in [5, 5.41) is 0. The van der Waals surface area contributed by atoms with Crippen molar-refractivity contribution in [1.82, 2.24) is 39.9 Å². The highest BCUT2D eigenvalue weighted by Gasteiger charge is 2.17. The lowest BCUT2D eigenvalue weighted by Gasteiger charge is -2.17. The molecule has 0 aliphatic carbocycles. The van der Waals surface area contributed by atoms with Gasteiger partial charge >= 0.3 is 0 Å². The maximum Gasteiger partial charge on any atom is 0.133 e. The Morgan fingerprint density at radius 3 is 1.15 bits per heavy atom. The van der Waals surface area contributed by atoms with E-state index in [0.717, 1.165) is 40.9 Å². The molecule has 4 aromatic heterocycles. The molecular weight excluding hydrogens is 729 g/mol. The lowest BCUT2D eigenvalue weighted by molar-refractivity contribution is 0.116. The minimum atomic E-state index is 0. The topological polar surface area (TPSA) is 112 Å². The molecule has 59 heavy (non-hydrogen) atoms. The van der Waals surface area contributed by atoms with Crippen molar-refractivity contribution in [2.24, 2.45) is 10.8 Å². The molecule has 0 saturated carbocycles. The molecule has 0 unspecified atom stereocenters. The fraction of sp³-hybridized carbons (Fsp3) is 0.680. The van der Waals surface area contributed by atoms with Gasteiger partial charge in [0.15, 0.2) is 0 Å². The summed E-state index contributed by atoms with van der Waals surface area (Å²) in [5.74, 6) is 1.74. The number of hydrogen-bond donors (Lipinski definition) is 0. The summed E-state index contributed by atoms with van der Waals surface area (Å²) < 4.78 is 4.91. The van der Waals surface area contributed by atoms with E-state index in [9.17, 15) is 0 Å². The van der Waals surface area contributed by atoms with E-state index in [-0.39, 0.29) is 43.9 Å². The molecule has 4 heterocycles. The number of nitrogens with zero attached hydrogens (tertiary/aromatic N) is 8. The summed E-state index contributed by atoms with van der Waals surface area (Å²) in [7, 11) is 1.73. The van der Waals surface area contributed by atoms with Crippen molar-refractivity contribution in [2.45, 2.75) is 203 Å². The zero-order valence-electron chi connectivity index (χ0n) is 40.1. The minimum Gasteiger partial charge on any atom is -0.384 e. The maximum absolute atomic E-state index is 4.91. The molecule has 0 amide bonds. The minimum absolute atomic E-state index is 0. The van der Waals surface area contributed by atoms with E-state index in [1.54, 1.807) is 31.9 Å². The van der Waals surface area contributed by atoms with Crippen molar-refractivity contribution in [3.05, 3.63) is 95.6 Å². The molecule has 0 aliphatic heterocycles. The average Bonchev–Trinajstić information content (AvgIpc) is 3.05. The Morgan fingerprint density at radius 1 is 0.458 bits per heavy atom. The van der Waals surface area contributed by atoms with Gasteiger partial charge < -0.3 is 4.74 Å². The summed E-state index contributed by atoms with van der Waals surface area (Å²) in [4.78, 5) is 33.4. The number of methoxy groups -OCH3 is 1. The Hall–Kier alpha value is -3.72. The van der Waals surface area contributed by atoms with Gasteiger partial charge in [0.25, 0.3) is 0 Å². The first-order valence-corrected chi connectivity index (χ1v) is 19.9. The van der Waals surface area contributed by atoms with Crippen LogP contribution in [0.15, 0.2) is 55.8 Å². The van der Waals surface area contributed by atoms with Crippen LogP contribution in [0.3, 0.4) is 0 Å². The molecule has 0 saturated heterocycles. The fourth-order valence-corrected chi connectivity index (χ4v) is 3.46.